The minimum Gasteiger partial charge on any atom is -0.370 e. The van der Waals surface area contributed by atoms with Crippen molar-refractivity contribution in [3.63, 3.8) is 0 Å². The number of pyridine rings is 1. The molecule has 1 aliphatic heterocycles. The average Bonchev–Trinajstić information content (AvgIpc) is 2.29. The number of rotatable bonds is 2. The molecule has 1 fully saturated rings. The van der Waals surface area contributed by atoms with E-state index in [-0.39, 0.29) is 0 Å². The molecule has 1 saturated heterocycles. The Morgan fingerprint density at radius 1 is 1.38 bits per heavy atom. The van der Waals surface area contributed by atoms with Crippen LogP contribution in [0.2, 0.25) is 0 Å². The number of piperidine rings is 1. The Morgan fingerprint density at radius 3 is 2.69 bits per heavy atom. The number of anilines is 1. The van der Waals surface area contributed by atoms with Gasteiger partial charge in [0.2, 0.25) is 0 Å². The summed E-state index contributed by atoms with van der Waals surface area (Å²) < 4.78 is 0. The first-order valence-corrected chi connectivity index (χ1v) is 6.40. The Bertz CT molecular complexity index is 353. The van der Waals surface area contributed by atoms with Crippen molar-refractivity contribution < 1.29 is 0 Å². The Balaban J connectivity index is 2.14. The van der Waals surface area contributed by atoms with Crippen LogP contribution in [0.15, 0.2) is 18.5 Å². The highest BCUT2D eigenvalue weighted by molar-refractivity contribution is 6.17. The van der Waals surface area contributed by atoms with Gasteiger partial charge in [-0.15, -0.1) is 11.6 Å². The number of halogens is 1. The first-order chi connectivity index (χ1) is 7.62. The van der Waals surface area contributed by atoms with Gasteiger partial charge in [-0.05, 0) is 29.9 Å². The minimum absolute atomic E-state index is 0.486. The summed E-state index contributed by atoms with van der Waals surface area (Å²) in [6.45, 7) is 6.91. The van der Waals surface area contributed by atoms with Crippen LogP contribution in [-0.2, 0) is 5.88 Å². The molecule has 2 heterocycles. The number of alkyl halides is 1. The van der Waals surface area contributed by atoms with Crippen LogP contribution in [0.3, 0.4) is 0 Å². The monoisotopic (exact) mass is 238 g/mol. The van der Waals surface area contributed by atoms with Crippen LogP contribution in [0, 0.1) is 5.41 Å². The van der Waals surface area contributed by atoms with Gasteiger partial charge in [0, 0.05) is 25.2 Å². The fraction of sp³-hybridized carbons (Fsp3) is 0.615. The first kappa shape index (κ1) is 11.7. The quantitative estimate of drug-likeness (QED) is 0.734. The van der Waals surface area contributed by atoms with Crippen molar-refractivity contribution in [3.05, 3.63) is 24.0 Å². The summed E-state index contributed by atoms with van der Waals surface area (Å²) in [5, 5.41) is 0. The molecule has 2 nitrogen and oxygen atoms in total. The van der Waals surface area contributed by atoms with E-state index in [0.717, 1.165) is 13.1 Å². The number of nitrogens with zero attached hydrogens (tertiary/aromatic N) is 2. The Morgan fingerprint density at radius 2 is 2.06 bits per heavy atom. The van der Waals surface area contributed by atoms with Crippen molar-refractivity contribution in [1.29, 1.82) is 0 Å². The molecule has 0 spiro atoms. The lowest BCUT2D eigenvalue weighted by molar-refractivity contribution is 0.279. The second kappa shape index (κ2) is 4.62. The topological polar surface area (TPSA) is 16.1 Å². The van der Waals surface area contributed by atoms with Crippen molar-refractivity contribution in [3.8, 4) is 0 Å². The number of aromatic nitrogens is 1. The highest BCUT2D eigenvalue weighted by Gasteiger charge is 2.26. The van der Waals surface area contributed by atoms with Crippen LogP contribution in [0.4, 0.5) is 5.69 Å². The lowest BCUT2D eigenvalue weighted by Crippen LogP contribution is -2.37. The standard InChI is InChI=1S/C13H19ClN2/c1-13(2)4-7-16(8-5-13)12-10-15-6-3-11(12)9-14/h3,6,10H,4-5,7-9H2,1-2H3. The first-order valence-electron chi connectivity index (χ1n) is 5.86. The normalized spacial score (nSPS) is 19.8. The molecule has 0 amide bonds. The third-order valence-electron chi connectivity index (χ3n) is 3.49. The van der Waals surface area contributed by atoms with Gasteiger partial charge >= 0.3 is 0 Å². The number of hydrogen-bond acceptors (Lipinski definition) is 2. The van der Waals surface area contributed by atoms with Crippen LogP contribution in [0.1, 0.15) is 32.3 Å². The summed E-state index contributed by atoms with van der Waals surface area (Å²) in [4.78, 5) is 6.62. The van der Waals surface area contributed by atoms with Crippen molar-refractivity contribution in [2.24, 2.45) is 5.41 Å². The molecule has 0 radical (unpaired) electrons. The van der Waals surface area contributed by atoms with Crippen molar-refractivity contribution >= 4 is 17.3 Å². The summed E-state index contributed by atoms with van der Waals surface area (Å²) in [6, 6.07) is 2.02. The zero-order valence-corrected chi connectivity index (χ0v) is 10.8. The molecule has 0 atom stereocenters. The van der Waals surface area contributed by atoms with Crippen molar-refractivity contribution in [2.45, 2.75) is 32.6 Å². The van der Waals surface area contributed by atoms with E-state index in [1.54, 1.807) is 0 Å². The van der Waals surface area contributed by atoms with E-state index in [9.17, 15) is 0 Å². The van der Waals surface area contributed by atoms with Gasteiger partial charge in [0.1, 0.15) is 0 Å². The maximum atomic E-state index is 5.95. The summed E-state index contributed by atoms with van der Waals surface area (Å²) in [7, 11) is 0. The molecule has 0 bridgehead atoms. The van der Waals surface area contributed by atoms with Crippen LogP contribution in [-0.4, -0.2) is 18.1 Å². The predicted molar refractivity (Wildman–Crippen MR) is 69.0 cm³/mol. The zero-order valence-electron chi connectivity index (χ0n) is 10.0. The minimum atomic E-state index is 0.486. The lowest BCUT2D eigenvalue weighted by Gasteiger charge is -2.38. The van der Waals surface area contributed by atoms with Crippen LogP contribution in [0.5, 0.6) is 0 Å². The highest BCUT2D eigenvalue weighted by Crippen LogP contribution is 2.33. The van der Waals surface area contributed by atoms with Crippen LogP contribution < -0.4 is 4.90 Å². The van der Waals surface area contributed by atoms with Crippen LogP contribution in [0.25, 0.3) is 0 Å². The zero-order chi connectivity index (χ0) is 11.6. The van der Waals surface area contributed by atoms with E-state index in [4.69, 9.17) is 11.6 Å². The van der Waals surface area contributed by atoms with E-state index in [0.29, 0.717) is 11.3 Å². The van der Waals surface area contributed by atoms with E-state index in [1.165, 1.54) is 24.1 Å². The lowest BCUT2D eigenvalue weighted by atomic mass is 9.82. The molecule has 16 heavy (non-hydrogen) atoms. The van der Waals surface area contributed by atoms with E-state index < -0.39 is 0 Å². The second-order valence-corrected chi connectivity index (χ2v) is 5.56. The molecule has 0 N–H and O–H groups in total. The third kappa shape index (κ3) is 2.49. The van der Waals surface area contributed by atoms with E-state index >= 15 is 0 Å². The maximum absolute atomic E-state index is 5.95. The molecule has 1 aromatic rings. The summed E-state index contributed by atoms with van der Waals surface area (Å²) >= 11 is 5.95. The van der Waals surface area contributed by atoms with Gasteiger partial charge in [0.15, 0.2) is 0 Å². The molecular formula is C13H19ClN2. The van der Waals surface area contributed by atoms with Crippen LogP contribution >= 0.6 is 11.6 Å². The maximum Gasteiger partial charge on any atom is 0.0597 e. The van der Waals surface area contributed by atoms with Gasteiger partial charge in [0.25, 0.3) is 0 Å². The largest absolute Gasteiger partial charge is 0.370 e. The molecule has 0 aliphatic carbocycles. The van der Waals surface area contributed by atoms with Gasteiger partial charge in [-0.2, -0.15) is 0 Å². The predicted octanol–water partition coefficient (Wildman–Crippen LogP) is 3.45. The average molecular weight is 239 g/mol. The molecule has 0 aromatic carbocycles. The Kier molecular flexibility index (Phi) is 3.38. The van der Waals surface area contributed by atoms with Gasteiger partial charge in [-0.3, -0.25) is 4.98 Å². The fourth-order valence-corrected chi connectivity index (χ4v) is 2.39. The van der Waals surface area contributed by atoms with Gasteiger partial charge in [0.05, 0.1) is 11.9 Å². The highest BCUT2D eigenvalue weighted by atomic mass is 35.5. The fourth-order valence-electron chi connectivity index (χ4n) is 2.17. The van der Waals surface area contributed by atoms with Gasteiger partial charge < -0.3 is 4.90 Å². The molecule has 0 unspecified atom stereocenters. The van der Waals surface area contributed by atoms with Crippen molar-refractivity contribution in [2.75, 3.05) is 18.0 Å². The van der Waals surface area contributed by atoms with E-state index in [2.05, 4.69) is 23.7 Å². The number of hydrogen-bond donors (Lipinski definition) is 0. The smallest absolute Gasteiger partial charge is 0.0597 e. The van der Waals surface area contributed by atoms with Crippen molar-refractivity contribution in [1.82, 2.24) is 4.98 Å². The Hall–Kier alpha value is -0.760. The van der Waals surface area contributed by atoms with E-state index in [1.807, 2.05) is 18.5 Å². The molecule has 1 aromatic heterocycles. The van der Waals surface area contributed by atoms with Gasteiger partial charge in [-0.25, -0.2) is 0 Å². The molecule has 1 aliphatic rings. The molecule has 88 valence electrons. The second-order valence-electron chi connectivity index (χ2n) is 5.29. The molecule has 2 rings (SSSR count). The van der Waals surface area contributed by atoms with Gasteiger partial charge in [-0.1, -0.05) is 13.8 Å². The molecular weight excluding hydrogens is 220 g/mol. The third-order valence-corrected chi connectivity index (χ3v) is 3.78. The summed E-state index contributed by atoms with van der Waals surface area (Å²) in [5.41, 5.74) is 2.89. The summed E-state index contributed by atoms with van der Waals surface area (Å²) in [6.07, 6.45) is 6.23. The Labute approximate surface area is 103 Å². The summed E-state index contributed by atoms with van der Waals surface area (Å²) in [5.74, 6) is 0.567. The molecule has 3 heteroatoms. The SMILES string of the molecule is CC1(C)CCN(c2cnccc2CCl)CC1. The molecule has 0 saturated carbocycles.